The molecule has 0 saturated carbocycles. The molecule has 0 aliphatic carbocycles. The first kappa shape index (κ1) is 57.4. The van der Waals surface area contributed by atoms with Crippen LogP contribution in [0.2, 0.25) is 0 Å². The number of aliphatic hydroxyl groups excluding tert-OH is 3. The normalized spacial score (nSPS) is 23.5. The summed E-state index contributed by atoms with van der Waals surface area (Å²) in [6.45, 7) is 7.22. The van der Waals surface area contributed by atoms with Crippen LogP contribution in [0.5, 0.6) is 11.5 Å². The highest BCUT2D eigenvalue weighted by molar-refractivity contribution is 5.97. The number of rotatable bonds is 25. The number of unbranched alkanes of at least 4 members (excludes halogenated alkanes) is 8. The Hall–Kier alpha value is -5.22. The van der Waals surface area contributed by atoms with Gasteiger partial charge >= 0.3 is 0 Å². The highest BCUT2D eigenvalue weighted by Gasteiger charge is 2.44. The lowest BCUT2D eigenvalue weighted by Crippen LogP contribution is -2.63. The topological polar surface area (TPSA) is 317 Å². The van der Waals surface area contributed by atoms with Crippen LogP contribution in [0.3, 0.4) is 0 Å². The Labute approximate surface area is 411 Å². The molecular formula is C50H78N8O12. The minimum absolute atomic E-state index is 0.00801. The van der Waals surface area contributed by atoms with E-state index >= 15 is 0 Å². The molecule has 10 atom stereocenters. The van der Waals surface area contributed by atoms with Gasteiger partial charge in [0.2, 0.25) is 35.8 Å². The number of hydrogen-bond acceptors (Lipinski definition) is 15. The predicted molar refractivity (Wildman–Crippen MR) is 262 cm³/mol. The third kappa shape index (κ3) is 16.4. The maximum absolute atomic E-state index is 14.7. The summed E-state index contributed by atoms with van der Waals surface area (Å²) in [5, 5.41) is 56.8. The lowest BCUT2D eigenvalue weighted by Gasteiger charge is -2.40. The van der Waals surface area contributed by atoms with E-state index < -0.39 is 91.1 Å². The van der Waals surface area contributed by atoms with Crippen molar-refractivity contribution in [1.82, 2.24) is 31.5 Å². The molecule has 0 aromatic heterocycles. The van der Waals surface area contributed by atoms with Crippen molar-refractivity contribution in [2.24, 2.45) is 11.5 Å². The first-order valence-electron chi connectivity index (χ1n) is 24.8. The average Bonchev–Trinajstić information content (AvgIpc) is 3.33. The second-order valence-corrected chi connectivity index (χ2v) is 18.6. The Balaban J connectivity index is 1.73. The van der Waals surface area contributed by atoms with Gasteiger partial charge in [-0.1, -0.05) is 64.0 Å². The fraction of sp³-hybridized carbons (Fsp3) is 0.640. The number of carbonyl (C=O) groups is 6. The molecule has 4 rings (SSSR count). The Morgan fingerprint density at radius 1 is 0.900 bits per heavy atom. The summed E-state index contributed by atoms with van der Waals surface area (Å²) >= 11 is 0. The van der Waals surface area contributed by atoms with Gasteiger partial charge in [-0.05, 0) is 94.9 Å². The molecule has 2 aliphatic heterocycles. The summed E-state index contributed by atoms with van der Waals surface area (Å²) < 4.78 is 12.0. The number of nitrogens with one attached hydrogen (secondary N) is 5. The second-order valence-electron chi connectivity index (χ2n) is 18.6. The first-order chi connectivity index (χ1) is 33.4. The number of nitrogens with zero attached hydrogens (tertiary/aromatic N) is 1. The molecule has 2 aromatic carbocycles. The first-order valence-corrected chi connectivity index (χ1v) is 24.8. The molecular weight excluding hydrogens is 905 g/mol. The van der Waals surface area contributed by atoms with Crippen molar-refractivity contribution < 1.29 is 58.7 Å². The van der Waals surface area contributed by atoms with E-state index in [0.29, 0.717) is 31.5 Å². The molecule has 2 aromatic rings. The van der Waals surface area contributed by atoms with Gasteiger partial charge in [-0.15, -0.1) is 0 Å². The number of hydrogen-bond donors (Lipinski definition) is 11. The van der Waals surface area contributed by atoms with Crippen molar-refractivity contribution in [3.05, 3.63) is 47.5 Å². The van der Waals surface area contributed by atoms with Crippen molar-refractivity contribution in [3.8, 4) is 22.6 Å². The number of amides is 5. The van der Waals surface area contributed by atoms with Gasteiger partial charge in [-0.25, -0.2) is 0 Å². The van der Waals surface area contributed by atoms with E-state index in [1.807, 2.05) is 0 Å². The van der Waals surface area contributed by atoms with Crippen LogP contribution in [-0.2, 0) is 39.9 Å². The van der Waals surface area contributed by atoms with Crippen molar-refractivity contribution in [3.63, 3.8) is 0 Å². The zero-order valence-electron chi connectivity index (χ0n) is 41.4. The molecule has 13 N–H and O–H groups in total. The molecule has 1 saturated heterocycles. The number of phenolic OH excluding ortho intramolecular Hbond substituents is 1. The smallest absolute Gasteiger partial charge is 0.248 e. The number of benzene rings is 2. The average molecular weight is 983 g/mol. The maximum atomic E-state index is 14.7. The summed E-state index contributed by atoms with van der Waals surface area (Å²) in [5.41, 5.74) is 12.9. The van der Waals surface area contributed by atoms with Gasteiger partial charge in [0.1, 0.15) is 54.0 Å². The Morgan fingerprint density at radius 3 is 2.27 bits per heavy atom. The maximum Gasteiger partial charge on any atom is 0.248 e. The van der Waals surface area contributed by atoms with Crippen molar-refractivity contribution in [1.29, 1.82) is 0 Å². The van der Waals surface area contributed by atoms with E-state index in [1.165, 1.54) is 108 Å². The number of carbonyl (C=O) groups excluding carboxylic acids is 6. The van der Waals surface area contributed by atoms with Crippen LogP contribution >= 0.6 is 0 Å². The van der Waals surface area contributed by atoms with Gasteiger partial charge in [-0.3, -0.25) is 28.8 Å². The molecule has 4 bridgehead atoms. The number of fused-ring (bicyclic) bond motifs is 5. The van der Waals surface area contributed by atoms with Crippen LogP contribution in [0.25, 0.3) is 11.1 Å². The quantitative estimate of drug-likeness (QED) is 0.0621. The standard InChI is InChI=1S/C50H78N8O12/c1-6-7-8-9-10-11-12-15-23-53-24-21-41(62)56-36(16-13-14-22-51)49(68)58(5)43-33-18-20-39(69-50-42(52)45(64)44(63)40(28-59)70-50)35(27-33)34-25-32(17-19-38(34)61)26-37(47(66)54-29(2)31(4)60)57-46(65)30(3)55-48(43)67/h17-20,25,27,29-30,36-37,40,42-45,50,53,59,61,63-64H,6-16,21-24,26,28,51-52H2,1-5H3,(H,54,66)(H,55,67)(H,56,62)(H,57,65)/t29-,30-,36-,37-,40+,42+,43-,44+,45+,50?/m0/s1. The fourth-order valence-electron chi connectivity index (χ4n) is 8.46. The summed E-state index contributed by atoms with van der Waals surface area (Å²) in [6, 6.07) is 1.46. The summed E-state index contributed by atoms with van der Waals surface area (Å²) in [5.74, 6) is -3.90. The van der Waals surface area contributed by atoms with E-state index in [-0.39, 0.29) is 59.1 Å². The van der Waals surface area contributed by atoms with Gasteiger partial charge in [-0.2, -0.15) is 0 Å². The number of likely N-dealkylation sites (N-methyl/N-ethyl adjacent to an activating group) is 1. The molecule has 0 spiro atoms. The molecule has 1 unspecified atom stereocenters. The van der Waals surface area contributed by atoms with E-state index in [9.17, 15) is 49.2 Å². The van der Waals surface area contributed by atoms with E-state index in [4.69, 9.17) is 20.9 Å². The van der Waals surface area contributed by atoms with Crippen molar-refractivity contribution in [2.75, 3.05) is 33.3 Å². The summed E-state index contributed by atoms with van der Waals surface area (Å²) in [7, 11) is 1.39. The van der Waals surface area contributed by atoms with Crippen molar-refractivity contribution >= 4 is 35.3 Å². The number of ketones is 1. The van der Waals surface area contributed by atoms with Crippen LogP contribution in [-0.4, -0.2) is 149 Å². The zero-order chi connectivity index (χ0) is 51.5. The van der Waals surface area contributed by atoms with Gasteiger partial charge in [0.15, 0.2) is 5.78 Å². The molecule has 5 amide bonds. The predicted octanol–water partition coefficient (Wildman–Crippen LogP) is 1.08. The lowest BCUT2D eigenvalue weighted by molar-refractivity contribution is -0.239. The molecule has 1 fully saturated rings. The highest BCUT2D eigenvalue weighted by atomic mass is 16.7. The van der Waals surface area contributed by atoms with Crippen LogP contribution in [0.1, 0.15) is 122 Å². The summed E-state index contributed by atoms with van der Waals surface area (Å²) in [6.07, 6.45) is 4.80. The van der Waals surface area contributed by atoms with Crippen LogP contribution in [0.15, 0.2) is 36.4 Å². The SMILES string of the molecule is CCCCCCCCCCNCCC(=O)N[C@@H](CCCCN)C(=O)N(C)[C@@H]1C(=O)N[C@@H](C)C(=O)N[C@H](C(=O)N[C@@H](C)C(C)=O)Cc2ccc(O)c(c2)-c2cc1ccc2OC1O[C@H](CO)[C@@H](O)[C@H](O)[C@H]1N. The third-order valence-corrected chi connectivity index (χ3v) is 12.9. The second kappa shape index (κ2) is 28.6. The Morgan fingerprint density at radius 2 is 1.60 bits per heavy atom. The minimum Gasteiger partial charge on any atom is -0.507 e. The lowest BCUT2D eigenvalue weighted by atomic mass is 9.93. The number of aliphatic hydroxyl groups is 3. The van der Waals surface area contributed by atoms with Crippen LogP contribution in [0.4, 0.5) is 0 Å². The largest absolute Gasteiger partial charge is 0.507 e. The number of Topliss-reactive ketones (excluding diaryl/α,β-unsaturated/α-hetero) is 1. The monoisotopic (exact) mass is 983 g/mol. The van der Waals surface area contributed by atoms with Gasteiger partial charge in [0.25, 0.3) is 0 Å². The van der Waals surface area contributed by atoms with Gasteiger partial charge in [0.05, 0.1) is 18.7 Å². The molecule has 0 radical (unpaired) electrons. The molecule has 70 heavy (non-hydrogen) atoms. The Bertz CT molecular complexity index is 2060. The van der Waals surface area contributed by atoms with E-state index in [1.54, 1.807) is 0 Å². The van der Waals surface area contributed by atoms with Gasteiger partial charge in [0, 0.05) is 37.6 Å². The molecule has 2 aliphatic rings. The Kier molecular flexibility index (Phi) is 23.4. The molecule has 2 heterocycles. The van der Waals surface area contributed by atoms with Crippen molar-refractivity contribution in [2.45, 2.75) is 172 Å². The molecule has 390 valence electrons. The molecule has 20 heteroatoms. The van der Waals surface area contributed by atoms with E-state index in [2.05, 4.69) is 33.5 Å². The minimum atomic E-state index is -1.58. The fourth-order valence-corrected chi connectivity index (χ4v) is 8.46. The highest BCUT2D eigenvalue weighted by Crippen LogP contribution is 2.41. The molecule has 20 nitrogen and oxygen atoms in total. The van der Waals surface area contributed by atoms with Gasteiger partial charge < -0.3 is 72.9 Å². The van der Waals surface area contributed by atoms with Crippen LogP contribution < -0.4 is 42.8 Å². The number of nitrogens with two attached hydrogens (primary N) is 2. The third-order valence-electron chi connectivity index (χ3n) is 12.9. The van der Waals surface area contributed by atoms with E-state index in [0.717, 1.165) is 19.4 Å². The summed E-state index contributed by atoms with van der Waals surface area (Å²) in [4.78, 5) is 83.6. The number of phenols is 1. The number of ether oxygens (including phenoxy) is 2. The van der Waals surface area contributed by atoms with Crippen LogP contribution in [0, 0.1) is 0 Å². The number of aromatic hydroxyl groups is 1. The zero-order valence-corrected chi connectivity index (χ0v) is 41.4.